The van der Waals surface area contributed by atoms with Crippen LogP contribution in [-0.2, 0) is 16.1 Å². The topological polar surface area (TPSA) is 104 Å². The highest BCUT2D eigenvalue weighted by molar-refractivity contribution is 7.10. The lowest BCUT2D eigenvalue weighted by molar-refractivity contribution is -0.138. The van der Waals surface area contributed by atoms with Crippen molar-refractivity contribution in [2.75, 3.05) is 0 Å². The number of aromatic nitrogens is 6. The minimum absolute atomic E-state index is 0.139. The van der Waals surface area contributed by atoms with E-state index in [9.17, 15) is 9.59 Å². The fourth-order valence-electron chi connectivity index (χ4n) is 3.37. The molecule has 0 saturated carbocycles. The van der Waals surface area contributed by atoms with Gasteiger partial charge in [0.15, 0.2) is 11.5 Å². The maximum absolute atomic E-state index is 13.2. The van der Waals surface area contributed by atoms with Gasteiger partial charge in [-0.25, -0.2) is 9.78 Å². The number of fused-ring (bicyclic) bond motifs is 1. The molecule has 0 unspecified atom stereocenters. The van der Waals surface area contributed by atoms with Gasteiger partial charge in [-0.05, 0) is 52.6 Å². The van der Waals surface area contributed by atoms with E-state index in [0.717, 1.165) is 16.0 Å². The Kier molecular flexibility index (Phi) is 5.79. The lowest BCUT2D eigenvalue weighted by atomic mass is 10.2. The Morgan fingerprint density at radius 3 is 2.76 bits per heavy atom. The van der Waals surface area contributed by atoms with Crippen molar-refractivity contribution < 1.29 is 9.53 Å². The van der Waals surface area contributed by atoms with Crippen LogP contribution < -0.4 is 5.56 Å². The molecule has 0 atom stereocenters. The Morgan fingerprint density at radius 2 is 1.97 bits per heavy atom. The summed E-state index contributed by atoms with van der Waals surface area (Å²) in [5.74, 6) is -0.248. The molecule has 4 aromatic heterocycles. The highest BCUT2D eigenvalue weighted by Gasteiger charge is 2.21. The summed E-state index contributed by atoms with van der Waals surface area (Å²) < 4.78 is 8.35. The fraction of sp³-hybridized carbons (Fsp3) is 0.0833. The number of carbonyl (C=O) groups excluding carboxylic acids is 1. The van der Waals surface area contributed by atoms with Crippen LogP contribution in [-0.4, -0.2) is 35.6 Å². The van der Waals surface area contributed by atoms with Gasteiger partial charge in [-0.1, -0.05) is 36.4 Å². The van der Waals surface area contributed by atoms with Crippen molar-refractivity contribution in [2.24, 2.45) is 0 Å². The zero-order valence-corrected chi connectivity index (χ0v) is 18.8. The number of tetrazole rings is 1. The van der Waals surface area contributed by atoms with Crippen LogP contribution in [0.2, 0.25) is 0 Å². The predicted molar refractivity (Wildman–Crippen MR) is 128 cm³/mol. The number of nitrogens with zero attached hydrogens (tertiary/aromatic N) is 6. The number of thiophene rings is 1. The van der Waals surface area contributed by atoms with Crippen molar-refractivity contribution in [1.82, 2.24) is 29.6 Å². The van der Waals surface area contributed by atoms with Crippen LogP contribution in [0, 0.1) is 6.92 Å². The SMILES string of the molecule is Cc1ccn2c(=O)cc(COC(=O)/C(=C/c3cccs3)n3nnnc3-c3ccccc3)nc2c1. The quantitative estimate of drug-likeness (QED) is 0.276. The van der Waals surface area contributed by atoms with Gasteiger partial charge < -0.3 is 4.74 Å². The standard InChI is InChI=1S/C24H18N6O3S/c1-16-9-10-29-21(12-16)25-18(13-22(29)31)15-33-24(32)20(14-19-8-5-11-34-19)30-23(26-27-28-30)17-6-3-2-4-7-17/h2-14H,15H2,1H3/b20-14-. The third kappa shape index (κ3) is 4.39. The Balaban J connectivity index is 1.47. The molecule has 0 aliphatic rings. The zero-order valence-electron chi connectivity index (χ0n) is 18.0. The smallest absolute Gasteiger partial charge is 0.357 e. The summed E-state index contributed by atoms with van der Waals surface area (Å²) >= 11 is 1.46. The minimum atomic E-state index is -0.649. The van der Waals surface area contributed by atoms with Crippen molar-refractivity contribution in [3.8, 4) is 11.4 Å². The van der Waals surface area contributed by atoms with Gasteiger partial charge in [0, 0.05) is 22.7 Å². The van der Waals surface area contributed by atoms with Crippen LogP contribution in [0.4, 0.5) is 0 Å². The fourth-order valence-corrected chi connectivity index (χ4v) is 4.02. The Bertz CT molecular complexity index is 1550. The van der Waals surface area contributed by atoms with Gasteiger partial charge in [-0.2, -0.15) is 4.68 Å². The van der Waals surface area contributed by atoms with E-state index >= 15 is 0 Å². The molecule has 10 heteroatoms. The second kappa shape index (κ2) is 9.20. The van der Waals surface area contributed by atoms with Crippen LogP contribution in [0.5, 0.6) is 0 Å². The van der Waals surface area contributed by atoms with Crippen molar-refractivity contribution in [1.29, 1.82) is 0 Å². The summed E-state index contributed by atoms with van der Waals surface area (Å²) in [5.41, 5.74) is 2.43. The number of benzene rings is 1. The number of ether oxygens (including phenoxy) is 1. The predicted octanol–water partition coefficient (Wildman–Crippen LogP) is 3.46. The Labute approximate surface area is 197 Å². The molecule has 0 spiro atoms. The first kappa shape index (κ1) is 21.4. The van der Waals surface area contributed by atoms with Crippen molar-refractivity contribution in [3.05, 3.63) is 98.7 Å². The van der Waals surface area contributed by atoms with Crippen molar-refractivity contribution in [3.63, 3.8) is 0 Å². The maximum atomic E-state index is 13.2. The van der Waals surface area contributed by atoms with E-state index in [-0.39, 0.29) is 17.9 Å². The molecule has 0 aliphatic heterocycles. The van der Waals surface area contributed by atoms with E-state index in [0.29, 0.717) is 17.2 Å². The highest BCUT2D eigenvalue weighted by atomic mass is 32.1. The van der Waals surface area contributed by atoms with E-state index in [4.69, 9.17) is 4.74 Å². The van der Waals surface area contributed by atoms with Gasteiger partial charge in [-0.3, -0.25) is 9.20 Å². The molecule has 5 rings (SSSR count). The first-order chi connectivity index (χ1) is 16.6. The van der Waals surface area contributed by atoms with E-state index < -0.39 is 5.97 Å². The van der Waals surface area contributed by atoms with Gasteiger partial charge in [0.1, 0.15) is 12.3 Å². The van der Waals surface area contributed by atoms with Crippen molar-refractivity contribution >= 4 is 34.7 Å². The highest BCUT2D eigenvalue weighted by Crippen LogP contribution is 2.23. The van der Waals surface area contributed by atoms with E-state index in [2.05, 4.69) is 20.5 Å². The summed E-state index contributed by atoms with van der Waals surface area (Å²) in [5, 5.41) is 13.8. The zero-order chi connectivity index (χ0) is 23.5. The van der Waals surface area contributed by atoms with Gasteiger partial charge in [0.25, 0.3) is 5.56 Å². The van der Waals surface area contributed by atoms with Crippen LogP contribution >= 0.6 is 11.3 Å². The Hall–Kier alpha value is -4.44. The molecule has 5 aromatic rings. The lowest BCUT2D eigenvalue weighted by Gasteiger charge is -2.10. The molecule has 0 fully saturated rings. The number of hydrogen-bond acceptors (Lipinski definition) is 8. The van der Waals surface area contributed by atoms with Crippen LogP contribution in [0.1, 0.15) is 16.1 Å². The second-order valence-electron chi connectivity index (χ2n) is 7.42. The molecule has 0 aliphatic carbocycles. The molecule has 0 N–H and O–H groups in total. The van der Waals surface area contributed by atoms with Crippen LogP contribution in [0.25, 0.3) is 28.8 Å². The van der Waals surface area contributed by atoms with Crippen LogP contribution in [0.15, 0.2) is 77.0 Å². The summed E-state index contributed by atoms with van der Waals surface area (Å²) in [4.78, 5) is 30.9. The number of pyridine rings is 1. The minimum Gasteiger partial charge on any atom is -0.454 e. The number of esters is 1. The molecule has 168 valence electrons. The third-order valence-corrected chi connectivity index (χ3v) is 5.81. The number of rotatable bonds is 6. The number of aryl methyl sites for hydroxylation is 1. The van der Waals surface area contributed by atoms with E-state index in [1.165, 1.54) is 26.5 Å². The normalized spacial score (nSPS) is 11.6. The van der Waals surface area contributed by atoms with Gasteiger partial charge in [0.05, 0.1) is 5.69 Å². The molecule has 1 aromatic carbocycles. The monoisotopic (exact) mass is 470 g/mol. The number of carbonyl (C=O) groups is 1. The average molecular weight is 471 g/mol. The molecule has 4 heterocycles. The first-order valence-electron chi connectivity index (χ1n) is 10.3. The van der Waals surface area contributed by atoms with Gasteiger partial charge in [0.2, 0.25) is 0 Å². The molecular weight excluding hydrogens is 452 g/mol. The molecule has 0 radical (unpaired) electrons. The van der Waals surface area contributed by atoms with E-state index in [1.54, 1.807) is 18.3 Å². The van der Waals surface area contributed by atoms with Gasteiger partial charge >= 0.3 is 5.97 Å². The lowest BCUT2D eigenvalue weighted by Crippen LogP contribution is -2.18. The van der Waals surface area contributed by atoms with Crippen LogP contribution in [0.3, 0.4) is 0 Å². The number of hydrogen-bond donors (Lipinski definition) is 0. The summed E-state index contributed by atoms with van der Waals surface area (Å²) in [6.07, 6.45) is 3.34. The summed E-state index contributed by atoms with van der Waals surface area (Å²) in [6, 6.07) is 18.0. The molecule has 0 saturated heterocycles. The molecule has 34 heavy (non-hydrogen) atoms. The maximum Gasteiger partial charge on any atom is 0.357 e. The third-order valence-electron chi connectivity index (χ3n) is 4.99. The van der Waals surface area contributed by atoms with Gasteiger partial charge in [-0.15, -0.1) is 16.4 Å². The molecule has 0 bridgehead atoms. The second-order valence-corrected chi connectivity index (χ2v) is 8.40. The summed E-state index contributed by atoms with van der Waals surface area (Å²) in [7, 11) is 0. The average Bonchev–Trinajstić information content (AvgIpc) is 3.53. The first-order valence-corrected chi connectivity index (χ1v) is 11.2. The molecule has 9 nitrogen and oxygen atoms in total. The molecule has 0 amide bonds. The van der Waals surface area contributed by atoms with E-state index in [1.807, 2.05) is 60.8 Å². The molecular formula is C24H18N6O3S. The Morgan fingerprint density at radius 1 is 1.12 bits per heavy atom. The van der Waals surface area contributed by atoms with Crippen molar-refractivity contribution in [2.45, 2.75) is 13.5 Å². The largest absolute Gasteiger partial charge is 0.454 e. The summed E-state index contributed by atoms with van der Waals surface area (Å²) in [6.45, 7) is 1.74.